The van der Waals surface area contributed by atoms with Gasteiger partial charge in [-0.1, -0.05) is 0 Å². The molecule has 0 aliphatic heterocycles. The average molecular weight is 408 g/mol. The second kappa shape index (κ2) is 8.94. The van der Waals surface area contributed by atoms with Crippen molar-refractivity contribution >= 4 is 21.6 Å². The highest BCUT2D eigenvalue weighted by atomic mass is 32.2. The molecule has 0 bridgehead atoms. The van der Waals surface area contributed by atoms with Gasteiger partial charge in [-0.05, 0) is 49.7 Å². The van der Waals surface area contributed by atoms with E-state index in [2.05, 4.69) is 10.0 Å². The van der Waals surface area contributed by atoms with E-state index >= 15 is 0 Å². The molecule has 8 nitrogen and oxygen atoms in total. The Hall–Kier alpha value is -2.78. The third-order valence-electron chi connectivity index (χ3n) is 4.07. The lowest BCUT2D eigenvalue weighted by molar-refractivity contribution is -0.117. The summed E-state index contributed by atoms with van der Waals surface area (Å²) in [5.41, 5.74) is 1.04. The molecule has 1 amide bonds. The Bertz CT molecular complexity index is 959. The molecule has 0 aliphatic carbocycles. The number of methoxy groups -OCH3 is 3. The van der Waals surface area contributed by atoms with Gasteiger partial charge in [0.2, 0.25) is 15.9 Å². The number of benzene rings is 2. The fraction of sp³-hybridized carbons (Fsp3) is 0.316. The Morgan fingerprint density at radius 1 is 0.964 bits per heavy atom. The summed E-state index contributed by atoms with van der Waals surface area (Å²) in [7, 11) is 0.582. The lowest BCUT2D eigenvalue weighted by Gasteiger charge is -2.17. The number of hydrogen-bond acceptors (Lipinski definition) is 6. The first-order valence-electron chi connectivity index (χ1n) is 8.41. The second-order valence-electron chi connectivity index (χ2n) is 6.03. The number of carbonyl (C=O) groups excluding carboxylic acids is 1. The number of rotatable bonds is 8. The van der Waals surface area contributed by atoms with Crippen molar-refractivity contribution in [3.8, 4) is 17.2 Å². The molecule has 9 heteroatoms. The molecule has 0 fully saturated rings. The molecule has 2 aromatic rings. The maximum atomic E-state index is 12.6. The van der Waals surface area contributed by atoms with Crippen LogP contribution in [0.1, 0.15) is 12.5 Å². The van der Waals surface area contributed by atoms with E-state index in [0.29, 0.717) is 28.5 Å². The third-order valence-corrected chi connectivity index (χ3v) is 5.60. The van der Waals surface area contributed by atoms with Crippen LogP contribution in [0.3, 0.4) is 0 Å². The lowest BCUT2D eigenvalue weighted by Crippen LogP contribution is -2.41. The molecule has 2 N–H and O–H groups in total. The van der Waals surface area contributed by atoms with Gasteiger partial charge in [0.05, 0.1) is 38.0 Å². The maximum absolute atomic E-state index is 12.6. The zero-order valence-corrected chi connectivity index (χ0v) is 17.2. The quantitative estimate of drug-likeness (QED) is 0.695. The molecule has 28 heavy (non-hydrogen) atoms. The zero-order chi connectivity index (χ0) is 20.9. The summed E-state index contributed by atoms with van der Waals surface area (Å²) in [5.74, 6) is 0.989. The van der Waals surface area contributed by atoms with E-state index in [1.165, 1.54) is 40.4 Å². The number of hydrogen-bond donors (Lipinski definition) is 2. The normalized spacial score (nSPS) is 12.2. The van der Waals surface area contributed by atoms with E-state index in [-0.39, 0.29) is 4.90 Å². The molecule has 152 valence electrons. The predicted molar refractivity (Wildman–Crippen MR) is 106 cm³/mol. The van der Waals surface area contributed by atoms with E-state index in [0.717, 1.165) is 0 Å². The van der Waals surface area contributed by atoms with Crippen molar-refractivity contribution in [1.29, 1.82) is 0 Å². The minimum atomic E-state index is -3.90. The van der Waals surface area contributed by atoms with E-state index in [1.54, 1.807) is 31.2 Å². The fourth-order valence-corrected chi connectivity index (χ4v) is 3.81. The molecule has 2 rings (SSSR count). The van der Waals surface area contributed by atoms with Crippen LogP contribution in [0.2, 0.25) is 0 Å². The van der Waals surface area contributed by atoms with E-state index in [9.17, 15) is 13.2 Å². The molecule has 0 saturated carbocycles. The summed E-state index contributed by atoms with van der Waals surface area (Å²) in [6, 6.07) is 8.36. The highest BCUT2D eigenvalue weighted by Crippen LogP contribution is 2.29. The number of ether oxygens (including phenoxy) is 3. The SMILES string of the molecule is COc1ccc(OC)c(NC(=O)[C@@H](C)NS(=O)(=O)c2ccc(OC)c(C)c2)c1. The van der Waals surface area contributed by atoms with Crippen LogP contribution >= 0.6 is 0 Å². The number of sulfonamides is 1. The molecule has 0 saturated heterocycles. The van der Waals surface area contributed by atoms with Crippen molar-refractivity contribution in [1.82, 2.24) is 4.72 Å². The molecular formula is C19H24N2O6S. The lowest BCUT2D eigenvalue weighted by atomic mass is 10.2. The molecule has 0 aliphatic rings. The molecule has 0 aromatic heterocycles. The third kappa shape index (κ3) is 4.93. The first-order valence-corrected chi connectivity index (χ1v) is 9.90. The van der Waals surface area contributed by atoms with Gasteiger partial charge >= 0.3 is 0 Å². The maximum Gasteiger partial charge on any atom is 0.242 e. The fourth-order valence-electron chi connectivity index (χ4n) is 2.53. The Labute approximate surface area is 164 Å². The van der Waals surface area contributed by atoms with Gasteiger partial charge in [0.15, 0.2) is 0 Å². The molecule has 0 spiro atoms. The van der Waals surface area contributed by atoms with E-state index in [1.807, 2.05) is 0 Å². The van der Waals surface area contributed by atoms with Crippen LogP contribution in [-0.4, -0.2) is 41.7 Å². The van der Waals surface area contributed by atoms with Crippen molar-refractivity contribution in [3.05, 3.63) is 42.0 Å². The molecule has 1 atom stereocenters. The van der Waals surface area contributed by atoms with Crippen LogP contribution in [0.5, 0.6) is 17.2 Å². The van der Waals surface area contributed by atoms with Crippen molar-refractivity contribution in [2.24, 2.45) is 0 Å². The van der Waals surface area contributed by atoms with Crippen molar-refractivity contribution in [2.75, 3.05) is 26.6 Å². The van der Waals surface area contributed by atoms with Crippen LogP contribution in [0.25, 0.3) is 0 Å². The summed E-state index contributed by atoms with van der Waals surface area (Å²) in [6.45, 7) is 3.19. The smallest absolute Gasteiger partial charge is 0.242 e. The van der Waals surface area contributed by atoms with Gasteiger partial charge in [0, 0.05) is 6.07 Å². The summed E-state index contributed by atoms with van der Waals surface area (Å²) in [4.78, 5) is 12.5. The second-order valence-corrected chi connectivity index (χ2v) is 7.74. The topological polar surface area (TPSA) is 103 Å². The molecule has 0 unspecified atom stereocenters. The first-order chi connectivity index (χ1) is 13.2. The molecular weight excluding hydrogens is 384 g/mol. The minimum Gasteiger partial charge on any atom is -0.497 e. The number of amides is 1. The Kier molecular flexibility index (Phi) is 6.87. The van der Waals surface area contributed by atoms with Gasteiger partial charge in [-0.15, -0.1) is 0 Å². The van der Waals surface area contributed by atoms with Crippen molar-refractivity contribution in [3.63, 3.8) is 0 Å². The summed E-state index contributed by atoms with van der Waals surface area (Å²) in [5, 5.41) is 2.65. The number of nitrogens with one attached hydrogen (secondary N) is 2. The van der Waals surface area contributed by atoms with Crippen molar-refractivity contribution < 1.29 is 27.4 Å². The van der Waals surface area contributed by atoms with Crippen LogP contribution in [0.15, 0.2) is 41.3 Å². The number of aryl methyl sites for hydroxylation is 1. The number of anilines is 1. The summed E-state index contributed by atoms with van der Waals surface area (Å²) >= 11 is 0. The predicted octanol–water partition coefficient (Wildman–Crippen LogP) is 2.33. The molecule has 0 heterocycles. The summed E-state index contributed by atoms with van der Waals surface area (Å²) < 4.78 is 43.1. The van der Waals surface area contributed by atoms with Gasteiger partial charge in [0.25, 0.3) is 0 Å². The standard InChI is InChI=1S/C19H24N2O6S/c1-12-10-15(7-9-17(12)26-4)28(23,24)21-13(2)19(22)20-16-11-14(25-3)6-8-18(16)27-5/h6-11,13,21H,1-5H3,(H,20,22)/t13-/m1/s1. The van der Waals surface area contributed by atoms with Gasteiger partial charge in [0.1, 0.15) is 17.2 Å². The van der Waals surface area contributed by atoms with Crippen LogP contribution in [-0.2, 0) is 14.8 Å². The average Bonchev–Trinajstić information content (AvgIpc) is 2.67. The molecule has 2 aromatic carbocycles. The van der Waals surface area contributed by atoms with Crippen LogP contribution in [0, 0.1) is 6.92 Å². The highest BCUT2D eigenvalue weighted by Gasteiger charge is 2.23. The monoisotopic (exact) mass is 408 g/mol. The molecule has 0 radical (unpaired) electrons. The summed E-state index contributed by atoms with van der Waals surface area (Å²) in [6.07, 6.45) is 0. The van der Waals surface area contributed by atoms with Crippen LogP contribution in [0.4, 0.5) is 5.69 Å². The Balaban J connectivity index is 2.16. The zero-order valence-electron chi connectivity index (χ0n) is 16.4. The number of carbonyl (C=O) groups is 1. The van der Waals surface area contributed by atoms with Crippen molar-refractivity contribution in [2.45, 2.75) is 24.8 Å². The Morgan fingerprint density at radius 2 is 1.61 bits per heavy atom. The van der Waals surface area contributed by atoms with Gasteiger partial charge in [-0.25, -0.2) is 8.42 Å². The van der Waals surface area contributed by atoms with Gasteiger partial charge < -0.3 is 19.5 Å². The van der Waals surface area contributed by atoms with Gasteiger partial charge in [-0.3, -0.25) is 4.79 Å². The van der Waals surface area contributed by atoms with E-state index in [4.69, 9.17) is 14.2 Å². The minimum absolute atomic E-state index is 0.0458. The Morgan fingerprint density at radius 3 is 2.18 bits per heavy atom. The highest BCUT2D eigenvalue weighted by molar-refractivity contribution is 7.89. The van der Waals surface area contributed by atoms with Crippen LogP contribution < -0.4 is 24.2 Å². The van der Waals surface area contributed by atoms with E-state index < -0.39 is 22.0 Å². The first kappa shape index (κ1) is 21.5. The largest absolute Gasteiger partial charge is 0.497 e. The van der Waals surface area contributed by atoms with Gasteiger partial charge in [-0.2, -0.15) is 4.72 Å².